The summed E-state index contributed by atoms with van der Waals surface area (Å²) >= 11 is 1.58. The summed E-state index contributed by atoms with van der Waals surface area (Å²) in [7, 11) is 0. The highest BCUT2D eigenvalue weighted by atomic mass is 32.1. The lowest BCUT2D eigenvalue weighted by atomic mass is 10.0. The van der Waals surface area contributed by atoms with Crippen LogP contribution in [0.3, 0.4) is 0 Å². The minimum Gasteiger partial charge on any atom is -0.481 e. The molecule has 7 heteroatoms. The molecule has 0 aliphatic heterocycles. The fraction of sp³-hybridized carbons (Fsp3) is 0.500. The molecule has 0 aromatic carbocycles. The summed E-state index contributed by atoms with van der Waals surface area (Å²) in [6, 6.07) is 3.91. The molecule has 1 unspecified atom stereocenters. The van der Waals surface area contributed by atoms with Crippen LogP contribution in [-0.4, -0.2) is 27.8 Å². The Hall–Kier alpha value is -1.73. The second-order valence-corrected chi connectivity index (χ2v) is 5.94. The molecule has 2 rings (SSSR count). The Bertz CT molecular complexity index is 554. The topological polar surface area (TPSA) is 88.3 Å². The van der Waals surface area contributed by atoms with Crippen LogP contribution in [0.1, 0.15) is 32.1 Å². The molecule has 2 heterocycles. The number of rotatable bonds is 9. The van der Waals surface area contributed by atoms with Crippen molar-refractivity contribution in [3.63, 3.8) is 0 Å². The molecule has 0 bridgehead atoms. The second-order valence-electron chi connectivity index (χ2n) is 4.99. The number of nitrogens with one attached hydrogen (secondary N) is 1. The summed E-state index contributed by atoms with van der Waals surface area (Å²) in [4.78, 5) is 15.8. The van der Waals surface area contributed by atoms with E-state index in [0.717, 1.165) is 17.8 Å². The van der Waals surface area contributed by atoms with Crippen LogP contribution in [0.25, 0.3) is 10.7 Å². The molecular formula is C14H19N3O3S. The predicted octanol–water partition coefficient (Wildman–Crippen LogP) is 2.78. The van der Waals surface area contributed by atoms with E-state index in [4.69, 9.17) is 9.63 Å². The number of carboxylic acid groups (broad SMARTS) is 1. The first-order valence-corrected chi connectivity index (χ1v) is 7.82. The third-order valence-electron chi connectivity index (χ3n) is 3.15. The molecule has 0 amide bonds. The standard InChI is InChI=1S/C14H19N3O3S/c1-10(4-5-13(18)19)6-7-15-9-12-16-14(17-20-12)11-3-2-8-21-11/h2-3,8,10,15H,4-7,9H2,1H3,(H,18,19). The van der Waals surface area contributed by atoms with E-state index in [0.29, 0.717) is 30.6 Å². The molecule has 2 aromatic heterocycles. The number of aliphatic carboxylic acids is 1. The van der Waals surface area contributed by atoms with Crippen LogP contribution in [0.15, 0.2) is 22.0 Å². The van der Waals surface area contributed by atoms with E-state index >= 15 is 0 Å². The molecule has 0 aliphatic carbocycles. The Labute approximate surface area is 127 Å². The Morgan fingerprint density at radius 2 is 2.38 bits per heavy atom. The van der Waals surface area contributed by atoms with E-state index in [-0.39, 0.29) is 6.42 Å². The largest absolute Gasteiger partial charge is 0.481 e. The van der Waals surface area contributed by atoms with Gasteiger partial charge in [0, 0.05) is 6.42 Å². The van der Waals surface area contributed by atoms with Crippen LogP contribution >= 0.6 is 11.3 Å². The van der Waals surface area contributed by atoms with Crippen LogP contribution in [0.2, 0.25) is 0 Å². The van der Waals surface area contributed by atoms with Gasteiger partial charge in [-0.25, -0.2) is 0 Å². The highest BCUT2D eigenvalue weighted by molar-refractivity contribution is 7.13. The van der Waals surface area contributed by atoms with Gasteiger partial charge in [-0.2, -0.15) is 4.98 Å². The van der Waals surface area contributed by atoms with E-state index < -0.39 is 5.97 Å². The van der Waals surface area contributed by atoms with Crippen molar-refractivity contribution in [1.29, 1.82) is 0 Å². The van der Waals surface area contributed by atoms with Gasteiger partial charge in [0.2, 0.25) is 11.7 Å². The Balaban J connectivity index is 1.66. The average molecular weight is 309 g/mol. The highest BCUT2D eigenvalue weighted by Gasteiger charge is 2.09. The second kappa shape index (κ2) is 7.90. The van der Waals surface area contributed by atoms with Crippen LogP contribution in [0, 0.1) is 5.92 Å². The van der Waals surface area contributed by atoms with E-state index in [1.807, 2.05) is 17.5 Å². The van der Waals surface area contributed by atoms with Gasteiger partial charge in [0.1, 0.15) is 0 Å². The summed E-state index contributed by atoms with van der Waals surface area (Å²) in [5, 5.41) is 17.8. The van der Waals surface area contributed by atoms with Crippen molar-refractivity contribution in [2.75, 3.05) is 6.54 Å². The lowest BCUT2D eigenvalue weighted by Gasteiger charge is -2.09. The third kappa shape index (κ3) is 5.28. The van der Waals surface area contributed by atoms with Gasteiger partial charge < -0.3 is 14.9 Å². The molecule has 0 spiro atoms. The van der Waals surface area contributed by atoms with Crippen LogP contribution < -0.4 is 5.32 Å². The van der Waals surface area contributed by atoms with Crippen LogP contribution in [0.4, 0.5) is 0 Å². The SMILES string of the molecule is CC(CCNCc1nc(-c2cccs2)no1)CCC(=O)O. The number of thiophene rings is 1. The molecule has 0 saturated carbocycles. The van der Waals surface area contributed by atoms with Crippen LogP contribution in [-0.2, 0) is 11.3 Å². The highest BCUT2D eigenvalue weighted by Crippen LogP contribution is 2.21. The summed E-state index contributed by atoms with van der Waals surface area (Å²) in [6.07, 6.45) is 1.87. The fourth-order valence-corrected chi connectivity index (χ4v) is 2.54. The first kappa shape index (κ1) is 15.7. The van der Waals surface area contributed by atoms with E-state index in [9.17, 15) is 4.79 Å². The van der Waals surface area contributed by atoms with Gasteiger partial charge in [-0.1, -0.05) is 18.1 Å². The smallest absolute Gasteiger partial charge is 0.303 e. The molecule has 21 heavy (non-hydrogen) atoms. The molecule has 1 atom stereocenters. The van der Waals surface area contributed by atoms with Crippen molar-refractivity contribution >= 4 is 17.3 Å². The fourth-order valence-electron chi connectivity index (χ4n) is 1.89. The van der Waals surface area contributed by atoms with E-state index in [1.54, 1.807) is 11.3 Å². The minimum atomic E-state index is -0.734. The number of carboxylic acids is 1. The third-order valence-corrected chi connectivity index (χ3v) is 4.02. The molecule has 0 fully saturated rings. The zero-order valence-corrected chi connectivity index (χ0v) is 12.7. The number of hydrogen-bond donors (Lipinski definition) is 2. The quantitative estimate of drug-likeness (QED) is 0.692. The number of hydrogen-bond acceptors (Lipinski definition) is 6. The van der Waals surface area contributed by atoms with Crippen molar-refractivity contribution in [2.24, 2.45) is 5.92 Å². The maximum absolute atomic E-state index is 10.5. The Morgan fingerprint density at radius 1 is 1.52 bits per heavy atom. The molecule has 0 aliphatic rings. The van der Waals surface area contributed by atoms with Crippen molar-refractivity contribution in [1.82, 2.24) is 15.5 Å². The molecule has 2 N–H and O–H groups in total. The lowest BCUT2D eigenvalue weighted by molar-refractivity contribution is -0.137. The zero-order valence-electron chi connectivity index (χ0n) is 11.9. The molecular weight excluding hydrogens is 290 g/mol. The monoisotopic (exact) mass is 309 g/mol. The maximum Gasteiger partial charge on any atom is 0.303 e. The van der Waals surface area contributed by atoms with Crippen LogP contribution in [0.5, 0.6) is 0 Å². The summed E-state index contributed by atoms with van der Waals surface area (Å²) < 4.78 is 5.18. The first-order valence-electron chi connectivity index (χ1n) is 6.94. The molecule has 2 aromatic rings. The van der Waals surface area contributed by atoms with Crippen molar-refractivity contribution in [3.8, 4) is 10.7 Å². The molecule has 0 saturated heterocycles. The number of aromatic nitrogens is 2. The van der Waals surface area contributed by atoms with Crippen molar-refractivity contribution < 1.29 is 14.4 Å². The number of nitrogens with zero attached hydrogens (tertiary/aromatic N) is 2. The van der Waals surface area contributed by atoms with Gasteiger partial charge in [0.15, 0.2) is 0 Å². The van der Waals surface area contributed by atoms with Gasteiger partial charge in [-0.3, -0.25) is 4.79 Å². The average Bonchev–Trinajstić information content (AvgIpc) is 3.11. The Morgan fingerprint density at radius 3 is 3.10 bits per heavy atom. The normalized spacial score (nSPS) is 12.4. The molecule has 114 valence electrons. The maximum atomic E-state index is 10.5. The van der Waals surface area contributed by atoms with Crippen molar-refractivity contribution in [3.05, 3.63) is 23.4 Å². The molecule has 6 nitrogen and oxygen atoms in total. The van der Waals surface area contributed by atoms with Gasteiger partial charge in [0.25, 0.3) is 0 Å². The first-order chi connectivity index (χ1) is 10.1. The van der Waals surface area contributed by atoms with Gasteiger partial charge in [-0.15, -0.1) is 11.3 Å². The number of carbonyl (C=O) groups is 1. The minimum absolute atomic E-state index is 0.231. The lowest BCUT2D eigenvalue weighted by Crippen LogP contribution is -2.17. The summed E-state index contributed by atoms with van der Waals surface area (Å²) in [6.45, 7) is 3.40. The van der Waals surface area contributed by atoms with E-state index in [1.165, 1.54) is 0 Å². The van der Waals surface area contributed by atoms with Gasteiger partial charge >= 0.3 is 5.97 Å². The van der Waals surface area contributed by atoms with Gasteiger partial charge in [-0.05, 0) is 36.8 Å². The predicted molar refractivity (Wildman–Crippen MR) is 80.0 cm³/mol. The Kier molecular flexibility index (Phi) is 5.89. The van der Waals surface area contributed by atoms with E-state index in [2.05, 4.69) is 22.4 Å². The summed E-state index contributed by atoms with van der Waals surface area (Å²) in [5.74, 6) is 0.841. The van der Waals surface area contributed by atoms with Crippen molar-refractivity contribution in [2.45, 2.75) is 32.7 Å². The zero-order chi connectivity index (χ0) is 15.1. The molecule has 0 radical (unpaired) electrons. The summed E-state index contributed by atoms with van der Waals surface area (Å²) in [5.41, 5.74) is 0. The van der Waals surface area contributed by atoms with Gasteiger partial charge in [0.05, 0.1) is 11.4 Å².